The molecule has 5 nitrogen and oxygen atoms in total. The standard InChI is InChI=1S/C19H18BrNO4/c1-13-10-15(20)7-8-17(13)21-18(22)12-25-19(23)9-6-14-4-3-5-16(11-14)24-2/h3-11H,12H2,1-2H3,(H,21,22)/b9-6+. The summed E-state index contributed by atoms with van der Waals surface area (Å²) in [7, 11) is 1.57. The van der Waals surface area contributed by atoms with Gasteiger partial charge in [0.15, 0.2) is 6.61 Å². The van der Waals surface area contributed by atoms with Crippen molar-refractivity contribution in [2.45, 2.75) is 6.92 Å². The molecule has 0 spiro atoms. The van der Waals surface area contributed by atoms with Crippen LogP contribution in [0.15, 0.2) is 53.0 Å². The topological polar surface area (TPSA) is 64.6 Å². The van der Waals surface area contributed by atoms with Crippen molar-refractivity contribution in [3.8, 4) is 5.75 Å². The molecule has 0 aliphatic rings. The van der Waals surface area contributed by atoms with Crippen LogP contribution in [0.2, 0.25) is 0 Å². The third-order valence-electron chi connectivity index (χ3n) is 3.31. The van der Waals surface area contributed by atoms with Crippen molar-refractivity contribution < 1.29 is 19.1 Å². The van der Waals surface area contributed by atoms with Crippen molar-refractivity contribution in [1.82, 2.24) is 0 Å². The number of hydrogen-bond donors (Lipinski definition) is 1. The van der Waals surface area contributed by atoms with Crippen LogP contribution in [-0.2, 0) is 14.3 Å². The zero-order valence-electron chi connectivity index (χ0n) is 13.9. The molecule has 0 saturated carbocycles. The number of hydrogen-bond acceptors (Lipinski definition) is 4. The molecule has 0 aromatic heterocycles. The van der Waals surface area contributed by atoms with Crippen LogP contribution in [0.3, 0.4) is 0 Å². The van der Waals surface area contributed by atoms with E-state index in [1.807, 2.05) is 37.3 Å². The zero-order chi connectivity index (χ0) is 18.2. The van der Waals surface area contributed by atoms with Gasteiger partial charge in [-0.3, -0.25) is 4.79 Å². The molecule has 0 bridgehead atoms. The molecule has 0 aliphatic carbocycles. The number of benzene rings is 2. The van der Waals surface area contributed by atoms with Gasteiger partial charge < -0.3 is 14.8 Å². The molecular formula is C19H18BrNO4. The van der Waals surface area contributed by atoms with E-state index in [0.717, 1.165) is 15.6 Å². The van der Waals surface area contributed by atoms with E-state index in [1.54, 1.807) is 25.3 Å². The Morgan fingerprint density at radius 3 is 2.72 bits per heavy atom. The summed E-state index contributed by atoms with van der Waals surface area (Å²) in [6.07, 6.45) is 2.87. The lowest BCUT2D eigenvalue weighted by atomic mass is 10.2. The minimum absolute atomic E-state index is 0.350. The molecule has 130 valence electrons. The fraction of sp³-hybridized carbons (Fsp3) is 0.158. The highest BCUT2D eigenvalue weighted by atomic mass is 79.9. The molecule has 2 aromatic carbocycles. The largest absolute Gasteiger partial charge is 0.497 e. The zero-order valence-corrected chi connectivity index (χ0v) is 15.5. The first-order valence-corrected chi connectivity index (χ1v) is 8.32. The Labute approximate surface area is 154 Å². The van der Waals surface area contributed by atoms with Gasteiger partial charge in [-0.15, -0.1) is 0 Å². The molecule has 2 rings (SSSR count). The summed E-state index contributed by atoms with van der Waals surface area (Å²) in [5.74, 6) is -0.293. The van der Waals surface area contributed by atoms with Crippen LogP contribution >= 0.6 is 15.9 Å². The number of aryl methyl sites for hydroxylation is 1. The van der Waals surface area contributed by atoms with E-state index in [2.05, 4.69) is 21.2 Å². The highest BCUT2D eigenvalue weighted by Gasteiger charge is 2.07. The molecule has 1 amide bonds. The minimum atomic E-state index is -0.592. The van der Waals surface area contributed by atoms with Gasteiger partial charge in [-0.05, 0) is 54.5 Å². The summed E-state index contributed by atoms with van der Waals surface area (Å²) in [5.41, 5.74) is 2.38. The van der Waals surface area contributed by atoms with E-state index in [-0.39, 0.29) is 6.61 Å². The summed E-state index contributed by atoms with van der Waals surface area (Å²) >= 11 is 3.36. The summed E-state index contributed by atoms with van der Waals surface area (Å²) in [6, 6.07) is 12.7. The number of carbonyl (C=O) groups is 2. The maximum atomic E-state index is 11.9. The SMILES string of the molecule is COc1cccc(/C=C/C(=O)OCC(=O)Nc2ccc(Br)cc2C)c1. The maximum Gasteiger partial charge on any atom is 0.331 e. The summed E-state index contributed by atoms with van der Waals surface area (Å²) in [6.45, 7) is 1.53. The third-order valence-corrected chi connectivity index (χ3v) is 3.81. The van der Waals surface area contributed by atoms with Gasteiger partial charge in [-0.25, -0.2) is 4.79 Å². The number of amides is 1. The van der Waals surface area contributed by atoms with Gasteiger partial charge in [0, 0.05) is 16.2 Å². The van der Waals surface area contributed by atoms with E-state index in [0.29, 0.717) is 11.4 Å². The predicted octanol–water partition coefficient (Wildman–Crippen LogP) is 3.96. The fourth-order valence-electron chi connectivity index (χ4n) is 2.05. The first kappa shape index (κ1) is 18.7. The number of methoxy groups -OCH3 is 1. The molecule has 0 radical (unpaired) electrons. The monoisotopic (exact) mass is 403 g/mol. The number of halogens is 1. The Balaban J connectivity index is 1.84. The molecule has 6 heteroatoms. The van der Waals surface area contributed by atoms with Crippen molar-refractivity contribution >= 4 is 39.6 Å². The van der Waals surface area contributed by atoms with E-state index < -0.39 is 11.9 Å². The molecule has 0 saturated heterocycles. The Kier molecular flexibility index (Phi) is 6.77. The second kappa shape index (κ2) is 9.03. The molecule has 0 atom stereocenters. The van der Waals surface area contributed by atoms with Crippen LogP contribution in [0.5, 0.6) is 5.75 Å². The molecule has 0 unspecified atom stereocenters. The van der Waals surface area contributed by atoms with Crippen molar-refractivity contribution in [2.75, 3.05) is 19.0 Å². The predicted molar refractivity (Wildman–Crippen MR) is 100 cm³/mol. The lowest BCUT2D eigenvalue weighted by Gasteiger charge is -2.08. The highest BCUT2D eigenvalue weighted by Crippen LogP contribution is 2.19. The second-order valence-electron chi connectivity index (χ2n) is 5.23. The van der Waals surface area contributed by atoms with Gasteiger partial charge in [-0.1, -0.05) is 28.1 Å². The highest BCUT2D eigenvalue weighted by molar-refractivity contribution is 9.10. The third kappa shape index (κ3) is 6.08. The van der Waals surface area contributed by atoms with Crippen molar-refractivity contribution in [3.05, 3.63) is 64.1 Å². The van der Waals surface area contributed by atoms with E-state index >= 15 is 0 Å². The Bertz CT molecular complexity index is 802. The second-order valence-corrected chi connectivity index (χ2v) is 6.14. The number of rotatable bonds is 6. The fourth-order valence-corrected chi connectivity index (χ4v) is 2.52. The molecule has 25 heavy (non-hydrogen) atoms. The average molecular weight is 404 g/mol. The summed E-state index contributed by atoms with van der Waals surface area (Å²) in [4.78, 5) is 23.6. The number of esters is 1. The molecule has 0 aliphatic heterocycles. The number of anilines is 1. The van der Waals surface area contributed by atoms with Gasteiger partial charge >= 0.3 is 5.97 Å². The van der Waals surface area contributed by atoms with Gasteiger partial charge in [0.2, 0.25) is 0 Å². The van der Waals surface area contributed by atoms with E-state index in [4.69, 9.17) is 9.47 Å². The molecule has 1 N–H and O–H groups in total. The van der Waals surface area contributed by atoms with Crippen molar-refractivity contribution in [2.24, 2.45) is 0 Å². The van der Waals surface area contributed by atoms with Gasteiger partial charge in [0.1, 0.15) is 5.75 Å². The number of ether oxygens (including phenoxy) is 2. The lowest BCUT2D eigenvalue weighted by Crippen LogP contribution is -2.20. The van der Waals surface area contributed by atoms with Gasteiger partial charge in [0.05, 0.1) is 7.11 Å². The average Bonchev–Trinajstić information content (AvgIpc) is 2.60. The van der Waals surface area contributed by atoms with Crippen LogP contribution in [0.25, 0.3) is 6.08 Å². The number of carbonyl (C=O) groups excluding carboxylic acids is 2. The van der Waals surface area contributed by atoms with Crippen molar-refractivity contribution in [1.29, 1.82) is 0 Å². The Morgan fingerprint density at radius 1 is 1.20 bits per heavy atom. The Hall–Kier alpha value is -2.60. The van der Waals surface area contributed by atoms with Crippen molar-refractivity contribution in [3.63, 3.8) is 0 Å². The van der Waals surface area contributed by atoms with Crippen LogP contribution in [0.1, 0.15) is 11.1 Å². The first-order chi connectivity index (χ1) is 12.0. The maximum absolute atomic E-state index is 11.9. The van der Waals surface area contributed by atoms with Crippen LogP contribution in [0, 0.1) is 6.92 Å². The number of nitrogens with one attached hydrogen (secondary N) is 1. The van der Waals surface area contributed by atoms with E-state index in [9.17, 15) is 9.59 Å². The molecule has 0 heterocycles. The van der Waals surface area contributed by atoms with Crippen LogP contribution < -0.4 is 10.1 Å². The minimum Gasteiger partial charge on any atom is -0.497 e. The van der Waals surface area contributed by atoms with Gasteiger partial charge in [0.25, 0.3) is 5.91 Å². The smallest absolute Gasteiger partial charge is 0.331 e. The molecule has 2 aromatic rings. The van der Waals surface area contributed by atoms with Crippen LogP contribution in [-0.4, -0.2) is 25.6 Å². The Morgan fingerprint density at radius 2 is 2.00 bits per heavy atom. The van der Waals surface area contributed by atoms with E-state index in [1.165, 1.54) is 6.08 Å². The molecule has 0 fully saturated rings. The molecular weight excluding hydrogens is 386 g/mol. The quantitative estimate of drug-likeness (QED) is 0.585. The summed E-state index contributed by atoms with van der Waals surface area (Å²) in [5, 5.41) is 2.70. The lowest BCUT2D eigenvalue weighted by molar-refractivity contribution is -0.142. The van der Waals surface area contributed by atoms with Gasteiger partial charge in [-0.2, -0.15) is 0 Å². The first-order valence-electron chi connectivity index (χ1n) is 7.53. The summed E-state index contributed by atoms with van der Waals surface area (Å²) < 4.78 is 11.0. The van der Waals surface area contributed by atoms with Crippen LogP contribution in [0.4, 0.5) is 5.69 Å². The normalized spacial score (nSPS) is 10.5.